The van der Waals surface area contributed by atoms with Crippen molar-refractivity contribution in [3.63, 3.8) is 0 Å². The molecular weight excluding hydrogens is 472 g/mol. The fraction of sp³-hybridized carbons (Fsp3) is 0.400. The first-order valence-electron chi connectivity index (χ1n) is 9.57. The van der Waals surface area contributed by atoms with Gasteiger partial charge in [-0.05, 0) is 45.4 Å². The number of fused-ring (bicyclic) bond motifs is 1. The number of halogens is 1. The molecule has 1 atom stereocenters. The summed E-state index contributed by atoms with van der Waals surface area (Å²) in [6.45, 7) is 7.08. The van der Waals surface area contributed by atoms with Crippen molar-refractivity contribution in [1.29, 1.82) is 0 Å². The average Bonchev–Trinajstić information content (AvgIpc) is 3.12. The molecule has 0 fully saturated rings. The van der Waals surface area contributed by atoms with Gasteiger partial charge < -0.3 is 9.26 Å². The van der Waals surface area contributed by atoms with E-state index in [2.05, 4.69) is 31.4 Å². The van der Waals surface area contributed by atoms with Crippen LogP contribution < -0.4 is 10.9 Å². The molecule has 0 radical (unpaired) electrons. The number of ether oxygens (including phenoxy) is 1. The second-order valence-corrected chi connectivity index (χ2v) is 8.87. The van der Waals surface area contributed by atoms with Crippen LogP contribution in [-0.4, -0.2) is 39.1 Å². The summed E-state index contributed by atoms with van der Waals surface area (Å²) in [5.41, 5.74) is 1.13. The molecule has 1 unspecified atom stereocenters. The number of nitrogens with one attached hydrogen (secondary N) is 1. The van der Waals surface area contributed by atoms with Crippen LogP contribution in [0.2, 0.25) is 0 Å². The molecule has 0 saturated heterocycles. The molecule has 3 rings (SSSR count). The van der Waals surface area contributed by atoms with Crippen molar-refractivity contribution >= 4 is 50.4 Å². The molecule has 1 amide bonds. The molecule has 30 heavy (non-hydrogen) atoms. The molecule has 0 aliphatic carbocycles. The van der Waals surface area contributed by atoms with Gasteiger partial charge in [0.05, 0.1) is 21.8 Å². The Kier molecular flexibility index (Phi) is 7.68. The van der Waals surface area contributed by atoms with Crippen molar-refractivity contribution in [2.75, 3.05) is 18.5 Å². The van der Waals surface area contributed by atoms with Gasteiger partial charge in [0.25, 0.3) is 5.56 Å². The Morgan fingerprint density at radius 1 is 1.40 bits per heavy atom. The van der Waals surface area contributed by atoms with Gasteiger partial charge in [-0.15, -0.1) is 0 Å². The minimum absolute atomic E-state index is 0.140. The minimum atomic E-state index is -0.506. The third kappa shape index (κ3) is 5.50. The number of hydrogen-bond donors (Lipinski definition) is 1. The Hall–Kier alpha value is -2.17. The van der Waals surface area contributed by atoms with Crippen LogP contribution in [0.4, 0.5) is 5.88 Å². The molecule has 0 saturated carbocycles. The van der Waals surface area contributed by atoms with Crippen molar-refractivity contribution in [2.24, 2.45) is 0 Å². The summed E-state index contributed by atoms with van der Waals surface area (Å²) in [4.78, 5) is 30.4. The number of aryl methyl sites for hydroxylation is 1. The monoisotopic (exact) mass is 494 g/mol. The maximum atomic E-state index is 13.1. The van der Waals surface area contributed by atoms with Crippen molar-refractivity contribution in [2.45, 2.75) is 44.1 Å². The predicted octanol–water partition coefficient (Wildman–Crippen LogP) is 4.00. The number of amides is 1. The summed E-state index contributed by atoms with van der Waals surface area (Å²) in [7, 11) is 0. The van der Waals surface area contributed by atoms with Crippen molar-refractivity contribution < 1.29 is 14.1 Å². The van der Waals surface area contributed by atoms with Crippen molar-refractivity contribution in [1.82, 2.24) is 14.7 Å². The first-order chi connectivity index (χ1) is 14.4. The van der Waals surface area contributed by atoms with Crippen molar-refractivity contribution in [3.8, 4) is 0 Å². The van der Waals surface area contributed by atoms with Gasteiger partial charge in [0.1, 0.15) is 0 Å². The lowest BCUT2D eigenvalue weighted by molar-refractivity contribution is -0.115. The van der Waals surface area contributed by atoms with E-state index in [1.807, 2.05) is 13.0 Å². The normalized spacial score (nSPS) is 12.3. The summed E-state index contributed by atoms with van der Waals surface area (Å²) < 4.78 is 12.9. The highest BCUT2D eigenvalue weighted by atomic mass is 79.9. The maximum absolute atomic E-state index is 13.1. The molecule has 3 aromatic rings. The minimum Gasteiger partial charge on any atom is -0.382 e. The van der Waals surface area contributed by atoms with E-state index in [1.165, 1.54) is 11.8 Å². The summed E-state index contributed by atoms with van der Waals surface area (Å²) in [5, 5.41) is 6.96. The van der Waals surface area contributed by atoms with E-state index >= 15 is 0 Å². The second-order valence-electron chi connectivity index (χ2n) is 6.64. The van der Waals surface area contributed by atoms with E-state index < -0.39 is 5.25 Å². The van der Waals surface area contributed by atoms with Crippen LogP contribution in [-0.2, 0) is 16.1 Å². The first-order valence-corrected chi connectivity index (χ1v) is 11.2. The van der Waals surface area contributed by atoms with E-state index in [1.54, 1.807) is 36.6 Å². The standard InChI is InChI=1S/C20H23BrN4O4S/c1-4-28-9-5-8-25-19(27)15-11-14(21)6-7-16(15)22-20(25)30-13(3)18(26)23-17-10-12(2)24-29-17/h6-7,10-11,13H,4-5,8-9H2,1-3H3,(H,23,26). The predicted molar refractivity (Wildman–Crippen MR) is 120 cm³/mol. The number of rotatable bonds is 9. The van der Waals surface area contributed by atoms with Crippen LogP contribution in [0.1, 0.15) is 26.0 Å². The fourth-order valence-corrected chi connectivity index (χ4v) is 4.08. The zero-order chi connectivity index (χ0) is 21.7. The highest BCUT2D eigenvalue weighted by Crippen LogP contribution is 2.25. The lowest BCUT2D eigenvalue weighted by atomic mass is 10.2. The van der Waals surface area contributed by atoms with Gasteiger partial charge in [-0.25, -0.2) is 4.98 Å². The third-order valence-electron chi connectivity index (χ3n) is 4.28. The number of carbonyl (C=O) groups excluding carboxylic acids is 1. The van der Waals surface area contributed by atoms with Gasteiger partial charge in [-0.2, -0.15) is 0 Å². The van der Waals surface area contributed by atoms with Crippen LogP contribution in [0.3, 0.4) is 0 Å². The average molecular weight is 495 g/mol. The molecule has 2 heterocycles. The Balaban J connectivity index is 1.87. The maximum Gasteiger partial charge on any atom is 0.262 e. The quantitative estimate of drug-likeness (QED) is 0.272. The van der Waals surface area contributed by atoms with Gasteiger partial charge in [-0.3, -0.25) is 19.5 Å². The fourth-order valence-electron chi connectivity index (χ4n) is 2.79. The number of benzene rings is 1. The van der Waals surface area contributed by atoms with Gasteiger partial charge >= 0.3 is 0 Å². The lowest BCUT2D eigenvalue weighted by Gasteiger charge is -2.16. The third-order valence-corrected chi connectivity index (χ3v) is 5.86. The first kappa shape index (κ1) is 22.5. The molecule has 10 heteroatoms. The SMILES string of the molecule is CCOCCCn1c(SC(C)C(=O)Nc2cc(C)no2)nc2ccc(Br)cc2c1=O. The van der Waals surface area contributed by atoms with Gasteiger partial charge in [0.15, 0.2) is 5.16 Å². The number of thioether (sulfide) groups is 1. The Labute approximate surface area is 186 Å². The summed E-state index contributed by atoms with van der Waals surface area (Å²) in [6.07, 6.45) is 0.667. The zero-order valence-corrected chi connectivity index (χ0v) is 19.4. The molecule has 8 nitrogen and oxygen atoms in total. The molecule has 1 N–H and O–H groups in total. The van der Waals surface area contributed by atoms with E-state index in [0.717, 1.165) is 4.47 Å². The highest BCUT2D eigenvalue weighted by Gasteiger charge is 2.20. The second kappa shape index (κ2) is 10.2. The number of nitrogens with zero attached hydrogens (tertiary/aromatic N) is 3. The van der Waals surface area contributed by atoms with Crippen LogP contribution in [0.25, 0.3) is 10.9 Å². The molecule has 160 valence electrons. The van der Waals surface area contributed by atoms with E-state index in [-0.39, 0.29) is 17.4 Å². The van der Waals surface area contributed by atoms with Gasteiger partial charge in [0, 0.05) is 30.3 Å². The van der Waals surface area contributed by atoms with Gasteiger partial charge in [-0.1, -0.05) is 32.8 Å². The van der Waals surface area contributed by atoms with E-state index in [9.17, 15) is 9.59 Å². The van der Waals surface area contributed by atoms with Gasteiger partial charge in [0.2, 0.25) is 11.8 Å². The molecular formula is C20H23BrN4O4S. The van der Waals surface area contributed by atoms with Crippen LogP contribution in [0.15, 0.2) is 43.2 Å². The summed E-state index contributed by atoms with van der Waals surface area (Å²) >= 11 is 4.63. The summed E-state index contributed by atoms with van der Waals surface area (Å²) in [5.74, 6) is 0.0255. The van der Waals surface area contributed by atoms with Crippen LogP contribution in [0.5, 0.6) is 0 Å². The lowest BCUT2D eigenvalue weighted by Crippen LogP contribution is -2.27. The van der Waals surface area contributed by atoms with Crippen molar-refractivity contribution in [3.05, 3.63) is 44.8 Å². The van der Waals surface area contributed by atoms with Crippen LogP contribution in [0, 0.1) is 6.92 Å². The molecule has 0 aliphatic rings. The molecule has 0 bridgehead atoms. The smallest absolute Gasteiger partial charge is 0.262 e. The molecule has 0 aliphatic heterocycles. The largest absolute Gasteiger partial charge is 0.382 e. The Morgan fingerprint density at radius 2 is 2.20 bits per heavy atom. The number of aromatic nitrogens is 3. The number of anilines is 1. The highest BCUT2D eigenvalue weighted by molar-refractivity contribution is 9.10. The Morgan fingerprint density at radius 3 is 2.90 bits per heavy atom. The summed E-state index contributed by atoms with van der Waals surface area (Å²) in [6, 6.07) is 7.04. The molecule has 0 spiro atoms. The topological polar surface area (TPSA) is 99.2 Å². The number of carbonyl (C=O) groups is 1. The van der Waals surface area contributed by atoms with E-state index in [0.29, 0.717) is 47.9 Å². The van der Waals surface area contributed by atoms with Crippen LogP contribution >= 0.6 is 27.7 Å². The molecule has 1 aromatic carbocycles. The number of hydrogen-bond acceptors (Lipinski definition) is 7. The zero-order valence-electron chi connectivity index (χ0n) is 17.0. The molecule has 2 aromatic heterocycles. The Bertz CT molecular complexity index is 1100. The van der Waals surface area contributed by atoms with E-state index in [4.69, 9.17) is 9.26 Å².